The zero-order chi connectivity index (χ0) is 13.4. The largest absolute Gasteiger partial charge is 0.458 e. The Balaban J connectivity index is 2.03. The van der Waals surface area contributed by atoms with Gasteiger partial charge in [-0.2, -0.15) is 0 Å². The van der Waals surface area contributed by atoms with E-state index in [1.165, 1.54) is 0 Å². The number of benzene rings is 1. The van der Waals surface area contributed by atoms with E-state index < -0.39 is 0 Å². The van der Waals surface area contributed by atoms with Crippen LogP contribution in [0.15, 0.2) is 39.5 Å². The molecule has 0 atom stereocenters. The van der Waals surface area contributed by atoms with Gasteiger partial charge < -0.3 is 14.4 Å². The maximum absolute atomic E-state index is 12.2. The fraction of sp³-hybridized carbons (Fsp3) is 0.143. The predicted molar refractivity (Wildman–Crippen MR) is 70.4 cm³/mol. The molecule has 0 saturated heterocycles. The van der Waals surface area contributed by atoms with Crippen molar-refractivity contribution in [2.24, 2.45) is 0 Å². The van der Waals surface area contributed by atoms with E-state index in [4.69, 9.17) is 4.42 Å². The van der Waals surface area contributed by atoms with E-state index >= 15 is 0 Å². The fourth-order valence-corrected chi connectivity index (χ4v) is 2.01. The molecule has 2 N–H and O–H groups in total. The molecule has 19 heavy (non-hydrogen) atoms. The van der Waals surface area contributed by atoms with Gasteiger partial charge in [-0.25, -0.2) is 4.79 Å². The van der Waals surface area contributed by atoms with Crippen LogP contribution in [-0.4, -0.2) is 15.8 Å². The van der Waals surface area contributed by atoms with Crippen LogP contribution < -0.4 is 5.69 Å². The minimum Gasteiger partial charge on any atom is -0.458 e. The highest BCUT2D eigenvalue weighted by atomic mass is 16.3. The van der Waals surface area contributed by atoms with Crippen LogP contribution in [0.4, 0.5) is 0 Å². The van der Waals surface area contributed by atoms with Gasteiger partial charge in [0.2, 0.25) is 5.78 Å². The number of rotatable bonds is 3. The van der Waals surface area contributed by atoms with Gasteiger partial charge in [0.25, 0.3) is 0 Å². The van der Waals surface area contributed by atoms with Gasteiger partial charge in [0.1, 0.15) is 5.76 Å². The minimum absolute atomic E-state index is 0.191. The number of aromatic nitrogens is 2. The molecule has 1 aromatic carbocycles. The molecule has 0 bridgehead atoms. The van der Waals surface area contributed by atoms with Crippen molar-refractivity contribution in [3.05, 3.63) is 57.9 Å². The van der Waals surface area contributed by atoms with Crippen molar-refractivity contribution in [1.82, 2.24) is 9.97 Å². The third-order valence-electron chi connectivity index (χ3n) is 3.01. The Morgan fingerprint density at radius 3 is 2.68 bits per heavy atom. The van der Waals surface area contributed by atoms with Crippen LogP contribution in [0.2, 0.25) is 0 Å². The number of carbonyl (C=O) groups excluding carboxylic acids is 1. The lowest BCUT2D eigenvalue weighted by Crippen LogP contribution is -2.00. The standard InChI is InChI=1S/C14H12N2O3/c1-2-9-4-6-12(19-9)13(17)8-3-5-10-11(7-8)16-14(18)15-10/h3-7H,2H2,1H3,(H2,15,16,18). The normalized spacial score (nSPS) is 11.0. The smallest absolute Gasteiger partial charge is 0.323 e. The molecule has 0 amide bonds. The van der Waals surface area contributed by atoms with Crippen molar-refractivity contribution in [2.75, 3.05) is 0 Å². The maximum Gasteiger partial charge on any atom is 0.323 e. The molecule has 96 valence electrons. The number of furan rings is 1. The monoisotopic (exact) mass is 256 g/mol. The topological polar surface area (TPSA) is 78.9 Å². The highest BCUT2D eigenvalue weighted by Crippen LogP contribution is 2.16. The first kappa shape index (κ1) is 11.5. The Labute approximate surface area is 108 Å². The van der Waals surface area contributed by atoms with E-state index in [1.54, 1.807) is 30.3 Å². The maximum atomic E-state index is 12.2. The van der Waals surface area contributed by atoms with E-state index in [-0.39, 0.29) is 11.5 Å². The summed E-state index contributed by atoms with van der Waals surface area (Å²) in [5, 5.41) is 0. The molecule has 3 aromatic rings. The summed E-state index contributed by atoms with van der Waals surface area (Å²) in [6.45, 7) is 1.96. The molecule has 0 aliphatic carbocycles. The van der Waals surface area contributed by atoms with Crippen LogP contribution in [-0.2, 0) is 6.42 Å². The van der Waals surface area contributed by atoms with Gasteiger partial charge in [-0.15, -0.1) is 0 Å². The average Bonchev–Trinajstić information content (AvgIpc) is 3.01. The second-order valence-electron chi connectivity index (χ2n) is 4.29. The first-order chi connectivity index (χ1) is 9.17. The highest BCUT2D eigenvalue weighted by molar-refractivity contribution is 6.08. The van der Waals surface area contributed by atoms with Crippen LogP contribution in [0.1, 0.15) is 28.8 Å². The Hall–Kier alpha value is -2.56. The number of aryl methyl sites for hydroxylation is 1. The molecule has 2 heterocycles. The summed E-state index contributed by atoms with van der Waals surface area (Å²) in [4.78, 5) is 28.7. The summed E-state index contributed by atoms with van der Waals surface area (Å²) in [6, 6.07) is 8.48. The van der Waals surface area contributed by atoms with Crippen molar-refractivity contribution >= 4 is 16.8 Å². The van der Waals surface area contributed by atoms with Gasteiger partial charge in [-0.1, -0.05) is 6.92 Å². The van der Waals surface area contributed by atoms with E-state index in [0.29, 0.717) is 22.4 Å². The Morgan fingerprint density at radius 1 is 1.16 bits per heavy atom. The van der Waals surface area contributed by atoms with Crippen LogP contribution in [0.5, 0.6) is 0 Å². The van der Waals surface area contributed by atoms with Gasteiger partial charge in [-0.3, -0.25) is 4.79 Å². The van der Waals surface area contributed by atoms with Crippen molar-refractivity contribution in [2.45, 2.75) is 13.3 Å². The summed E-state index contributed by atoms with van der Waals surface area (Å²) in [7, 11) is 0. The van der Waals surface area contributed by atoms with Crippen molar-refractivity contribution in [3.8, 4) is 0 Å². The number of nitrogens with one attached hydrogen (secondary N) is 2. The molecule has 0 spiro atoms. The van der Waals surface area contributed by atoms with Gasteiger partial charge in [-0.05, 0) is 30.3 Å². The fourth-order valence-electron chi connectivity index (χ4n) is 2.01. The molecule has 3 rings (SSSR count). The second kappa shape index (κ2) is 4.28. The molecular weight excluding hydrogens is 244 g/mol. The minimum atomic E-state index is -0.286. The first-order valence-electron chi connectivity index (χ1n) is 6.03. The lowest BCUT2D eigenvalue weighted by atomic mass is 10.1. The number of hydrogen-bond donors (Lipinski definition) is 2. The average molecular weight is 256 g/mol. The molecule has 0 unspecified atom stereocenters. The Kier molecular flexibility index (Phi) is 2.59. The van der Waals surface area contributed by atoms with Crippen molar-refractivity contribution in [1.29, 1.82) is 0 Å². The van der Waals surface area contributed by atoms with Crippen LogP contribution in [0.3, 0.4) is 0 Å². The van der Waals surface area contributed by atoms with E-state index in [1.807, 2.05) is 6.92 Å². The van der Waals surface area contributed by atoms with Crippen LogP contribution in [0, 0.1) is 0 Å². The molecule has 0 radical (unpaired) electrons. The van der Waals surface area contributed by atoms with Crippen molar-refractivity contribution < 1.29 is 9.21 Å². The number of H-pyrrole nitrogens is 2. The summed E-state index contributed by atoms with van der Waals surface area (Å²) >= 11 is 0. The predicted octanol–water partition coefficient (Wildman–Crippen LogP) is 2.24. The number of aromatic amines is 2. The molecular formula is C14H12N2O3. The summed E-state index contributed by atoms with van der Waals surface area (Å²) in [6.07, 6.45) is 0.747. The zero-order valence-electron chi connectivity index (χ0n) is 10.3. The van der Waals surface area contributed by atoms with Crippen LogP contribution in [0.25, 0.3) is 11.0 Å². The highest BCUT2D eigenvalue weighted by Gasteiger charge is 2.14. The molecule has 5 nitrogen and oxygen atoms in total. The molecule has 5 heteroatoms. The zero-order valence-corrected chi connectivity index (χ0v) is 10.3. The van der Waals surface area contributed by atoms with E-state index in [0.717, 1.165) is 12.2 Å². The Morgan fingerprint density at radius 2 is 1.95 bits per heavy atom. The van der Waals surface area contributed by atoms with Crippen LogP contribution >= 0.6 is 0 Å². The van der Waals surface area contributed by atoms with Gasteiger partial charge in [0.15, 0.2) is 5.76 Å². The number of carbonyl (C=O) groups is 1. The number of ketones is 1. The number of hydrogen-bond acceptors (Lipinski definition) is 3. The second-order valence-corrected chi connectivity index (χ2v) is 4.29. The van der Waals surface area contributed by atoms with Gasteiger partial charge >= 0.3 is 5.69 Å². The quantitative estimate of drug-likeness (QED) is 0.705. The number of fused-ring (bicyclic) bond motifs is 1. The summed E-state index contributed by atoms with van der Waals surface area (Å²) < 4.78 is 5.44. The molecule has 0 fully saturated rings. The third-order valence-corrected chi connectivity index (χ3v) is 3.01. The Bertz CT molecular complexity index is 807. The number of imidazole rings is 1. The lowest BCUT2D eigenvalue weighted by molar-refractivity contribution is 0.101. The lowest BCUT2D eigenvalue weighted by Gasteiger charge is -1.98. The van der Waals surface area contributed by atoms with Gasteiger partial charge in [0, 0.05) is 12.0 Å². The van der Waals surface area contributed by atoms with E-state index in [2.05, 4.69) is 9.97 Å². The summed E-state index contributed by atoms with van der Waals surface area (Å²) in [5.74, 6) is 0.900. The molecule has 0 aliphatic rings. The molecule has 0 saturated carbocycles. The molecule has 2 aromatic heterocycles. The van der Waals surface area contributed by atoms with Gasteiger partial charge in [0.05, 0.1) is 11.0 Å². The third kappa shape index (κ3) is 1.99. The summed E-state index contributed by atoms with van der Waals surface area (Å²) in [5.41, 5.74) is 1.49. The molecule has 0 aliphatic heterocycles. The SMILES string of the molecule is CCc1ccc(C(=O)c2ccc3[nH]c(=O)[nH]c3c2)o1. The first-order valence-corrected chi connectivity index (χ1v) is 6.03. The van der Waals surface area contributed by atoms with Crippen molar-refractivity contribution in [3.63, 3.8) is 0 Å². The van der Waals surface area contributed by atoms with E-state index in [9.17, 15) is 9.59 Å².